The summed E-state index contributed by atoms with van der Waals surface area (Å²) in [7, 11) is 1.64. The number of H-pyrrole nitrogens is 1. The Balaban J connectivity index is 1.70. The van der Waals surface area contributed by atoms with E-state index in [4.69, 9.17) is 9.26 Å². The molecule has 0 radical (unpaired) electrons. The Hall–Kier alpha value is -3.08. The quantitative estimate of drug-likeness (QED) is 0.622. The minimum Gasteiger partial charge on any atom is -0.497 e. The minimum atomic E-state index is 0.508. The van der Waals surface area contributed by atoms with Crippen LogP contribution in [0.5, 0.6) is 5.75 Å². The summed E-state index contributed by atoms with van der Waals surface area (Å²) in [5.41, 5.74) is 2.87. The zero-order valence-electron chi connectivity index (χ0n) is 11.9. The highest BCUT2D eigenvalue weighted by atomic mass is 16.5. The second kappa shape index (κ2) is 5.04. The first-order valence-electron chi connectivity index (χ1n) is 6.89. The second-order valence-corrected chi connectivity index (χ2v) is 4.93. The smallest absolute Gasteiger partial charge is 0.258 e. The average Bonchev–Trinajstić information content (AvgIpc) is 3.23. The van der Waals surface area contributed by atoms with Gasteiger partial charge in [0.05, 0.1) is 7.11 Å². The van der Waals surface area contributed by atoms with Crippen molar-refractivity contribution >= 4 is 10.9 Å². The van der Waals surface area contributed by atoms with E-state index in [1.165, 1.54) is 0 Å². The number of hydrogen-bond acceptors (Lipinski definition) is 4. The number of aromatic amines is 1. The van der Waals surface area contributed by atoms with Crippen LogP contribution < -0.4 is 4.74 Å². The first-order chi connectivity index (χ1) is 10.8. The molecule has 0 fully saturated rings. The molecule has 0 atom stereocenters. The molecule has 5 nitrogen and oxygen atoms in total. The summed E-state index contributed by atoms with van der Waals surface area (Å²) in [6.07, 6.45) is 1.91. The molecule has 0 bridgehead atoms. The summed E-state index contributed by atoms with van der Waals surface area (Å²) in [5, 5.41) is 5.16. The maximum Gasteiger partial charge on any atom is 0.258 e. The van der Waals surface area contributed by atoms with E-state index in [-0.39, 0.29) is 0 Å². The van der Waals surface area contributed by atoms with Crippen LogP contribution in [0, 0.1) is 0 Å². The summed E-state index contributed by atoms with van der Waals surface area (Å²) >= 11 is 0. The van der Waals surface area contributed by atoms with Crippen LogP contribution in [0.3, 0.4) is 0 Å². The molecular formula is C17H13N3O2. The molecule has 2 aromatic heterocycles. The standard InChI is InChI=1S/C17H13N3O2/c1-21-14-5-2-11(3-6-14)16-19-17(22-20-16)13-4-7-15-12(10-13)8-9-18-15/h2-10,18H,1H3. The molecular weight excluding hydrogens is 278 g/mol. The van der Waals surface area contributed by atoms with Crippen molar-refractivity contribution < 1.29 is 9.26 Å². The van der Waals surface area contributed by atoms with Gasteiger partial charge in [0, 0.05) is 28.2 Å². The molecule has 0 saturated heterocycles. The second-order valence-electron chi connectivity index (χ2n) is 4.93. The normalized spacial score (nSPS) is 11.0. The number of fused-ring (bicyclic) bond motifs is 1. The Morgan fingerprint density at radius 3 is 2.64 bits per heavy atom. The van der Waals surface area contributed by atoms with E-state index in [0.717, 1.165) is 27.8 Å². The van der Waals surface area contributed by atoms with Gasteiger partial charge in [0.2, 0.25) is 5.82 Å². The van der Waals surface area contributed by atoms with Crippen molar-refractivity contribution in [1.82, 2.24) is 15.1 Å². The predicted molar refractivity (Wildman–Crippen MR) is 83.6 cm³/mol. The monoisotopic (exact) mass is 291 g/mol. The Morgan fingerprint density at radius 1 is 1.00 bits per heavy atom. The lowest BCUT2D eigenvalue weighted by Crippen LogP contribution is -1.84. The molecule has 0 aliphatic heterocycles. The third-order valence-electron chi connectivity index (χ3n) is 3.57. The van der Waals surface area contributed by atoms with Crippen LogP contribution in [0.4, 0.5) is 0 Å². The third-order valence-corrected chi connectivity index (χ3v) is 3.57. The van der Waals surface area contributed by atoms with E-state index < -0.39 is 0 Å². The molecule has 0 aliphatic rings. The van der Waals surface area contributed by atoms with E-state index in [2.05, 4.69) is 15.1 Å². The molecule has 2 aromatic carbocycles. The van der Waals surface area contributed by atoms with Crippen LogP contribution in [0.2, 0.25) is 0 Å². The summed E-state index contributed by atoms with van der Waals surface area (Å²) in [5.74, 6) is 1.87. The highest BCUT2D eigenvalue weighted by molar-refractivity contribution is 5.83. The first-order valence-corrected chi connectivity index (χ1v) is 6.89. The van der Waals surface area contributed by atoms with Crippen molar-refractivity contribution in [3.8, 4) is 28.6 Å². The number of methoxy groups -OCH3 is 1. The lowest BCUT2D eigenvalue weighted by atomic mass is 10.1. The molecule has 0 unspecified atom stereocenters. The molecule has 0 spiro atoms. The van der Waals surface area contributed by atoms with Gasteiger partial charge in [0.15, 0.2) is 0 Å². The Kier molecular flexibility index (Phi) is 2.89. The van der Waals surface area contributed by atoms with Gasteiger partial charge >= 0.3 is 0 Å². The van der Waals surface area contributed by atoms with Gasteiger partial charge in [-0.15, -0.1) is 0 Å². The van der Waals surface area contributed by atoms with Gasteiger partial charge < -0.3 is 14.2 Å². The first kappa shape index (κ1) is 12.6. The van der Waals surface area contributed by atoms with Gasteiger partial charge in [-0.1, -0.05) is 5.16 Å². The van der Waals surface area contributed by atoms with Crippen LogP contribution in [0.15, 0.2) is 59.3 Å². The average molecular weight is 291 g/mol. The highest BCUT2D eigenvalue weighted by Gasteiger charge is 2.11. The van der Waals surface area contributed by atoms with Crippen molar-refractivity contribution in [2.75, 3.05) is 7.11 Å². The Bertz CT molecular complexity index is 922. The number of rotatable bonds is 3. The Labute approximate surface area is 126 Å². The number of nitrogens with one attached hydrogen (secondary N) is 1. The van der Waals surface area contributed by atoms with Crippen LogP contribution in [-0.2, 0) is 0 Å². The van der Waals surface area contributed by atoms with E-state index in [0.29, 0.717) is 11.7 Å². The van der Waals surface area contributed by atoms with Crippen molar-refractivity contribution in [3.63, 3.8) is 0 Å². The van der Waals surface area contributed by atoms with E-state index in [9.17, 15) is 0 Å². The molecule has 0 saturated carbocycles. The van der Waals surface area contributed by atoms with Gasteiger partial charge in [0.25, 0.3) is 5.89 Å². The summed E-state index contributed by atoms with van der Waals surface area (Å²) in [6.45, 7) is 0. The lowest BCUT2D eigenvalue weighted by Gasteiger charge is -1.99. The maximum absolute atomic E-state index is 5.38. The van der Waals surface area contributed by atoms with Crippen LogP contribution >= 0.6 is 0 Å². The summed E-state index contributed by atoms with van der Waals surface area (Å²) in [4.78, 5) is 7.63. The van der Waals surface area contributed by atoms with Crippen LogP contribution in [0.1, 0.15) is 0 Å². The summed E-state index contributed by atoms with van der Waals surface area (Å²) < 4.78 is 10.5. The number of benzene rings is 2. The van der Waals surface area contributed by atoms with Gasteiger partial charge in [-0.3, -0.25) is 0 Å². The molecule has 22 heavy (non-hydrogen) atoms. The van der Waals surface area contributed by atoms with Crippen molar-refractivity contribution in [2.24, 2.45) is 0 Å². The van der Waals surface area contributed by atoms with Crippen molar-refractivity contribution in [3.05, 3.63) is 54.7 Å². The molecule has 108 valence electrons. The van der Waals surface area contributed by atoms with Crippen molar-refractivity contribution in [2.45, 2.75) is 0 Å². The number of hydrogen-bond donors (Lipinski definition) is 1. The fourth-order valence-electron chi connectivity index (χ4n) is 2.38. The van der Waals surface area contributed by atoms with Gasteiger partial charge in [-0.25, -0.2) is 0 Å². The zero-order chi connectivity index (χ0) is 14.9. The molecule has 5 heteroatoms. The largest absolute Gasteiger partial charge is 0.497 e. The molecule has 0 aliphatic carbocycles. The van der Waals surface area contributed by atoms with Gasteiger partial charge in [-0.05, 0) is 48.5 Å². The van der Waals surface area contributed by atoms with E-state index in [1.54, 1.807) is 7.11 Å². The fraction of sp³-hybridized carbons (Fsp3) is 0.0588. The molecule has 0 amide bonds. The third kappa shape index (κ3) is 2.13. The summed E-state index contributed by atoms with van der Waals surface area (Å²) in [6, 6.07) is 15.6. The molecule has 2 heterocycles. The molecule has 1 N–H and O–H groups in total. The molecule has 4 rings (SSSR count). The molecule has 4 aromatic rings. The van der Waals surface area contributed by atoms with Crippen LogP contribution in [-0.4, -0.2) is 22.2 Å². The van der Waals surface area contributed by atoms with Gasteiger partial charge in [-0.2, -0.15) is 4.98 Å². The SMILES string of the molecule is COc1ccc(-c2noc(-c3ccc4[nH]ccc4c3)n2)cc1. The lowest BCUT2D eigenvalue weighted by molar-refractivity contribution is 0.415. The fourth-order valence-corrected chi connectivity index (χ4v) is 2.38. The Morgan fingerprint density at radius 2 is 1.82 bits per heavy atom. The van der Waals surface area contributed by atoms with Gasteiger partial charge in [0.1, 0.15) is 5.75 Å². The van der Waals surface area contributed by atoms with E-state index in [1.807, 2.05) is 54.7 Å². The van der Waals surface area contributed by atoms with Crippen LogP contribution in [0.25, 0.3) is 33.7 Å². The maximum atomic E-state index is 5.38. The predicted octanol–water partition coefficient (Wildman–Crippen LogP) is 3.89. The van der Waals surface area contributed by atoms with Crippen molar-refractivity contribution in [1.29, 1.82) is 0 Å². The number of ether oxygens (including phenoxy) is 1. The topological polar surface area (TPSA) is 63.9 Å². The number of nitrogens with zero attached hydrogens (tertiary/aromatic N) is 2. The zero-order valence-corrected chi connectivity index (χ0v) is 11.9. The minimum absolute atomic E-state index is 0.508. The van der Waals surface area contributed by atoms with E-state index >= 15 is 0 Å². The number of aromatic nitrogens is 3. The highest BCUT2D eigenvalue weighted by Crippen LogP contribution is 2.26.